The highest BCUT2D eigenvalue weighted by molar-refractivity contribution is 9.10. The Balaban J connectivity index is 2.11. The number of aryl methyl sites for hydroxylation is 1. The number of aromatic amines is 1. The number of fused-ring (bicyclic) bond motifs is 1. The number of methoxy groups -OCH3 is 1. The summed E-state index contributed by atoms with van der Waals surface area (Å²) in [5, 5.41) is 2.88. The third-order valence-corrected chi connectivity index (χ3v) is 4.23. The predicted octanol–water partition coefficient (Wildman–Crippen LogP) is 1.77. The van der Waals surface area contributed by atoms with Gasteiger partial charge in [0.05, 0.1) is 10.2 Å². The number of carbonyl (C=O) groups is 1. The molecule has 0 fully saturated rings. The summed E-state index contributed by atoms with van der Waals surface area (Å²) in [6, 6.07) is 0. The number of H-pyrrole nitrogens is 1. The predicted molar refractivity (Wildman–Crippen MR) is 89.9 cm³/mol. The number of amides is 1. The second-order valence-corrected chi connectivity index (χ2v) is 5.98. The first-order valence-corrected chi connectivity index (χ1v) is 8.00. The summed E-state index contributed by atoms with van der Waals surface area (Å²) in [5.41, 5.74) is 9.72. The zero-order valence-corrected chi connectivity index (χ0v) is 14.4. The largest absolute Gasteiger partial charge is 0.385 e. The number of hydrogen-bond donors (Lipinski definition) is 3. The fourth-order valence-electron chi connectivity index (χ4n) is 2.44. The molecule has 1 aromatic rings. The summed E-state index contributed by atoms with van der Waals surface area (Å²) in [4.78, 5) is 19.6. The van der Waals surface area contributed by atoms with Crippen molar-refractivity contribution < 1.29 is 9.53 Å². The Labute approximate surface area is 138 Å². The maximum Gasteiger partial charge on any atom is 0.248 e. The molecule has 120 valence electrons. The van der Waals surface area contributed by atoms with Gasteiger partial charge in [-0.1, -0.05) is 0 Å². The number of carbonyl (C=O) groups excluding carboxylic acids is 1. The zero-order valence-electron chi connectivity index (χ0n) is 12.8. The Morgan fingerprint density at radius 3 is 3.05 bits per heavy atom. The van der Waals surface area contributed by atoms with E-state index >= 15 is 0 Å². The lowest BCUT2D eigenvalue weighted by molar-refractivity contribution is -0.117. The molecule has 1 aromatic heterocycles. The second-order valence-electron chi connectivity index (χ2n) is 5.19. The number of nitrogens with two attached hydrogens (primary N) is 1. The standard InChI is InChI=1S/C15H21BrN4O2/c1-9-11-5-4-10(15(21)18-6-3-7-22-2)8-19-14(17)12(11)13(16)20-9/h8,20H,3-7H2,1-2H3,(H2,17,19)(H,18,21). The minimum absolute atomic E-state index is 0.0941. The van der Waals surface area contributed by atoms with E-state index in [0.717, 1.165) is 34.3 Å². The van der Waals surface area contributed by atoms with Crippen LogP contribution in [0, 0.1) is 6.92 Å². The van der Waals surface area contributed by atoms with Crippen LogP contribution in [0.2, 0.25) is 0 Å². The van der Waals surface area contributed by atoms with Crippen molar-refractivity contribution in [3.05, 3.63) is 33.2 Å². The van der Waals surface area contributed by atoms with Crippen LogP contribution in [-0.2, 0) is 16.0 Å². The molecule has 22 heavy (non-hydrogen) atoms. The molecule has 0 radical (unpaired) electrons. The van der Waals surface area contributed by atoms with E-state index in [1.54, 1.807) is 13.3 Å². The first-order chi connectivity index (χ1) is 10.5. The molecule has 1 amide bonds. The number of amidine groups is 1. The van der Waals surface area contributed by atoms with Crippen molar-refractivity contribution in [3.63, 3.8) is 0 Å². The van der Waals surface area contributed by atoms with Crippen molar-refractivity contribution in [1.82, 2.24) is 10.3 Å². The van der Waals surface area contributed by atoms with Gasteiger partial charge < -0.3 is 20.8 Å². The number of hydrogen-bond acceptors (Lipinski definition) is 4. The van der Waals surface area contributed by atoms with Gasteiger partial charge >= 0.3 is 0 Å². The number of nitrogens with one attached hydrogen (secondary N) is 2. The normalized spacial score (nSPS) is 14.5. The van der Waals surface area contributed by atoms with E-state index in [2.05, 4.69) is 31.2 Å². The van der Waals surface area contributed by atoms with Crippen LogP contribution >= 0.6 is 15.9 Å². The van der Waals surface area contributed by atoms with Gasteiger partial charge in [0.2, 0.25) is 5.91 Å². The molecule has 0 saturated heterocycles. The summed E-state index contributed by atoms with van der Waals surface area (Å²) in [6.07, 6.45) is 3.73. The van der Waals surface area contributed by atoms with E-state index in [-0.39, 0.29) is 5.91 Å². The minimum Gasteiger partial charge on any atom is -0.385 e. The number of nitrogens with zero attached hydrogens (tertiary/aromatic N) is 1. The first kappa shape index (κ1) is 16.8. The summed E-state index contributed by atoms with van der Waals surface area (Å²) in [6.45, 7) is 3.21. The Hall–Kier alpha value is -1.60. The van der Waals surface area contributed by atoms with Crippen LogP contribution in [-0.4, -0.2) is 37.0 Å². The van der Waals surface area contributed by atoms with Crippen molar-refractivity contribution in [2.75, 3.05) is 20.3 Å². The van der Waals surface area contributed by atoms with E-state index in [0.29, 0.717) is 31.0 Å². The van der Waals surface area contributed by atoms with Crippen LogP contribution in [0.1, 0.15) is 29.7 Å². The van der Waals surface area contributed by atoms with Crippen molar-refractivity contribution in [1.29, 1.82) is 0 Å². The number of aromatic nitrogens is 1. The summed E-state index contributed by atoms with van der Waals surface area (Å²) >= 11 is 3.47. The van der Waals surface area contributed by atoms with Crippen molar-refractivity contribution >= 4 is 27.7 Å². The molecule has 0 bridgehead atoms. The van der Waals surface area contributed by atoms with Gasteiger partial charge in [0.1, 0.15) is 5.84 Å². The highest BCUT2D eigenvalue weighted by Gasteiger charge is 2.20. The van der Waals surface area contributed by atoms with E-state index in [1.807, 2.05) is 6.92 Å². The lowest BCUT2D eigenvalue weighted by atomic mass is 10.00. The quantitative estimate of drug-likeness (QED) is 0.691. The van der Waals surface area contributed by atoms with Crippen molar-refractivity contribution in [2.45, 2.75) is 26.2 Å². The lowest BCUT2D eigenvalue weighted by Gasteiger charge is -2.12. The Morgan fingerprint density at radius 2 is 2.32 bits per heavy atom. The van der Waals surface area contributed by atoms with E-state index in [4.69, 9.17) is 10.5 Å². The SMILES string of the molecule is COCCCNC(=O)C1=CN=C(N)c2c(Br)[nH]c(C)c2CC1. The molecular formula is C15H21BrN4O2. The Morgan fingerprint density at radius 1 is 1.55 bits per heavy atom. The fraction of sp³-hybridized carbons (Fsp3) is 0.467. The molecule has 4 N–H and O–H groups in total. The lowest BCUT2D eigenvalue weighted by Crippen LogP contribution is -2.27. The molecule has 0 spiro atoms. The number of rotatable bonds is 5. The zero-order chi connectivity index (χ0) is 16.1. The van der Waals surface area contributed by atoms with E-state index in [1.165, 1.54) is 0 Å². The van der Waals surface area contributed by atoms with Crippen LogP contribution in [0.4, 0.5) is 0 Å². The van der Waals surface area contributed by atoms with Gasteiger partial charge in [-0.2, -0.15) is 0 Å². The smallest absolute Gasteiger partial charge is 0.248 e. The maximum atomic E-state index is 12.2. The number of ether oxygens (including phenoxy) is 1. The molecule has 0 saturated carbocycles. The van der Waals surface area contributed by atoms with Gasteiger partial charge in [-0.25, -0.2) is 4.99 Å². The average molecular weight is 369 g/mol. The molecule has 0 unspecified atom stereocenters. The topological polar surface area (TPSA) is 92.5 Å². The molecule has 1 aliphatic rings. The van der Waals surface area contributed by atoms with Crippen LogP contribution < -0.4 is 11.1 Å². The fourth-order valence-corrected chi connectivity index (χ4v) is 3.18. The minimum atomic E-state index is -0.0941. The Kier molecular flexibility index (Phi) is 5.79. The molecule has 0 atom stereocenters. The van der Waals surface area contributed by atoms with Crippen LogP contribution in [0.5, 0.6) is 0 Å². The van der Waals surface area contributed by atoms with Crippen molar-refractivity contribution in [3.8, 4) is 0 Å². The van der Waals surface area contributed by atoms with E-state index < -0.39 is 0 Å². The van der Waals surface area contributed by atoms with Crippen LogP contribution in [0.15, 0.2) is 21.4 Å². The number of aliphatic imine (C=N–C) groups is 1. The molecule has 2 heterocycles. The summed E-state index contributed by atoms with van der Waals surface area (Å²) < 4.78 is 5.80. The first-order valence-electron chi connectivity index (χ1n) is 7.21. The third kappa shape index (κ3) is 3.78. The molecule has 0 aliphatic carbocycles. The number of halogens is 1. The highest BCUT2D eigenvalue weighted by Crippen LogP contribution is 2.27. The van der Waals surface area contributed by atoms with Crippen molar-refractivity contribution in [2.24, 2.45) is 10.7 Å². The molecular weight excluding hydrogens is 348 g/mol. The van der Waals surface area contributed by atoms with E-state index in [9.17, 15) is 4.79 Å². The second kappa shape index (κ2) is 7.60. The highest BCUT2D eigenvalue weighted by atomic mass is 79.9. The monoisotopic (exact) mass is 368 g/mol. The van der Waals surface area contributed by atoms with Gasteiger partial charge in [-0.3, -0.25) is 4.79 Å². The molecule has 2 rings (SSSR count). The molecule has 1 aliphatic heterocycles. The summed E-state index contributed by atoms with van der Waals surface area (Å²) in [7, 11) is 1.64. The maximum absolute atomic E-state index is 12.2. The van der Waals surface area contributed by atoms with Crippen LogP contribution in [0.25, 0.3) is 0 Å². The van der Waals surface area contributed by atoms with Gasteiger partial charge in [0, 0.05) is 37.7 Å². The van der Waals surface area contributed by atoms with Gasteiger partial charge in [0.15, 0.2) is 0 Å². The molecule has 0 aromatic carbocycles. The van der Waals surface area contributed by atoms with Crippen LogP contribution in [0.3, 0.4) is 0 Å². The average Bonchev–Trinajstić information content (AvgIpc) is 2.74. The molecule has 7 heteroatoms. The molecule has 6 nitrogen and oxygen atoms in total. The summed E-state index contributed by atoms with van der Waals surface area (Å²) in [5.74, 6) is 0.318. The van der Waals surface area contributed by atoms with Gasteiger partial charge in [0.25, 0.3) is 0 Å². The van der Waals surface area contributed by atoms with Gasteiger partial charge in [-0.05, 0) is 47.7 Å². The van der Waals surface area contributed by atoms with Gasteiger partial charge in [-0.15, -0.1) is 0 Å². The Bertz CT molecular complexity index is 619. The third-order valence-electron chi connectivity index (χ3n) is 3.63.